The molecule has 0 saturated heterocycles. The van der Waals surface area contributed by atoms with Gasteiger partial charge in [0, 0.05) is 32.9 Å². The van der Waals surface area contributed by atoms with Crippen molar-refractivity contribution in [3.05, 3.63) is 192 Å². The maximum atomic E-state index is 7.15. The maximum Gasteiger partial charge on any atom is 2.00 e. The zero-order valence-corrected chi connectivity index (χ0v) is 37.8. The third kappa shape index (κ3) is 5.60. The Morgan fingerprint density at radius 1 is 0.438 bits per heavy atom. The molecule has 0 atom stereocenters. The molecule has 0 radical (unpaired) electrons. The second kappa shape index (κ2) is 14.4. The Balaban J connectivity index is 0.00000433. The number of para-hydroxylation sites is 3. The largest absolute Gasteiger partial charge is 2.00 e. The summed E-state index contributed by atoms with van der Waals surface area (Å²) in [5.41, 5.74) is 20.5. The molecule has 0 spiro atoms. The molecule has 6 heterocycles. The van der Waals surface area contributed by atoms with E-state index in [-0.39, 0.29) is 21.1 Å². The minimum Gasteiger partial charge on any atom is -0.494 e. The number of aryl methyl sites for hydroxylation is 4. The van der Waals surface area contributed by atoms with Gasteiger partial charge < -0.3 is 13.4 Å². The van der Waals surface area contributed by atoms with Crippen molar-refractivity contribution in [1.82, 2.24) is 18.9 Å². The van der Waals surface area contributed by atoms with Crippen LogP contribution in [0.15, 0.2) is 162 Å². The molecular formula is C58H38N4OPt. The SMILES string of the molecule is Cc1cc(-c2ccccc2)cc(C)c1-c1cc2nc(c1)c1cccc(n1)c1[c-]c(oc3[c-]c2ccc3)c2c(c1)c1c(c3cccc4c5ccccc5n1c43)n2-c1c(C)cccc1C.[Pt+2]. The van der Waals surface area contributed by atoms with Gasteiger partial charge in [-0.05, 0) is 101 Å². The average Bonchev–Trinajstić information content (AvgIpc) is 3.94. The smallest absolute Gasteiger partial charge is 0.494 e. The first kappa shape index (κ1) is 38.4. The van der Waals surface area contributed by atoms with Gasteiger partial charge in [-0.2, -0.15) is 0 Å². The van der Waals surface area contributed by atoms with Crippen molar-refractivity contribution in [3.63, 3.8) is 0 Å². The second-order valence-corrected chi connectivity index (χ2v) is 17.0. The Bertz CT molecular complexity index is 4090. The molecule has 64 heavy (non-hydrogen) atoms. The third-order valence-corrected chi connectivity index (χ3v) is 13.1. The van der Waals surface area contributed by atoms with Crippen LogP contribution < -0.4 is 0 Å². The molecular weight excluding hydrogens is 964 g/mol. The molecule has 8 bridgehead atoms. The molecule has 0 fully saturated rings. The number of benzene rings is 7. The minimum absolute atomic E-state index is 0. The van der Waals surface area contributed by atoms with Gasteiger partial charge in [-0.15, -0.1) is 35.0 Å². The van der Waals surface area contributed by atoms with E-state index in [4.69, 9.17) is 14.4 Å². The van der Waals surface area contributed by atoms with Crippen molar-refractivity contribution in [2.24, 2.45) is 0 Å². The predicted octanol–water partition coefficient (Wildman–Crippen LogP) is 15.1. The zero-order valence-electron chi connectivity index (χ0n) is 35.5. The number of hydrogen-bond donors (Lipinski definition) is 0. The standard InChI is InChI=1S/C58H38N4O.Pt/c1-33-14-10-15-34(2)54(33)62-56-46(58-57(62)45-22-12-21-44-43-20-8-9-25-51(43)61(58)55(44)45)29-40-32-52(56)63-42-19-11-18-38(28-42)49-30-41(31-50(60-49)48-24-13-23-47(40)59-48)53-35(3)26-39(27-36(53)4)37-16-6-5-7-17-37;/h5-27,29-31H,1-4H3;/q-2;+2. The molecule has 6 heteroatoms. The van der Waals surface area contributed by atoms with Crippen molar-refractivity contribution in [2.45, 2.75) is 27.7 Å². The van der Waals surface area contributed by atoms with E-state index in [0.29, 0.717) is 11.2 Å². The van der Waals surface area contributed by atoms with Crippen LogP contribution in [0.1, 0.15) is 22.3 Å². The van der Waals surface area contributed by atoms with Gasteiger partial charge in [0.15, 0.2) is 0 Å². The van der Waals surface area contributed by atoms with Crippen LogP contribution in [0, 0.1) is 39.8 Å². The number of hydrogen-bond acceptors (Lipinski definition) is 3. The zero-order chi connectivity index (χ0) is 42.1. The summed E-state index contributed by atoms with van der Waals surface area (Å²) in [5.74, 6) is 0. The Morgan fingerprint density at radius 2 is 1.11 bits per heavy atom. The maximum absolute atomic E-state index is 7.15. The summed E-state index contributed by atoms with van der Waals surface area (Å²) in [5, 5.41) is 6.38. The Kier molecular flexibility index (Phi) is 8.60. The van der Waals surface area contributed by atoms with Gasteiger partial charge in [0.05, 0.1) is 38.7 Å². The van der Waals surface area contributed by atoms with Gasteiger partial charge in [0.1, 0.15) is 0 Å². The number of rotatable bonds is 3. The van der Waals surface area contributed by atoms with Crippen molar-refractivity contribution < 1.29 is 25.5 Å². The van der Waals surface area contributed by atoms with E-state index in [1.165, 1.54) is 66.1 Å². The second-order valence-electron chi connectivity index (χ2n) is 17.0. The molecule has 306 valence electrons. The molecule has 0 N–H and O–H groups in total. The van der Waals surface area contributed by atoms with Crippen LogP contribution in [0.5, 0.6) is 0 Å². The molecule has 13 rings (SSSR count). The van der Waals surface area contributed by atoms with E-state index in [1.807, 2.05) is 12.1 Å². The predicted molar refractivity (Wildman–Crippen MR) is 261 cm³/mol. The van der Waals surface area contributed by atoms with Gasteiger partial charge in [0.2, 0.25) is 0 Å². The molecule has 13 aromatic rings. The van der Waals surface area contributed by atoms with E-state index in [2.05, 4.69) is 194 Å². The minimum atomic E-state index is 0. The van der Waals surface area contributed by atoms with Crippen LogP contribution in [0.25, 0.3) is 121 Å². The normalized spacial score (nSPS) is 11.9. The first-order valence-corrected chi connectivity index (χ1v) is 21.5. The molecule has 0 unspecified atom stereocenters. The molecule has 0 aliphatic heterocycles. The fourth-order valence-electron chi connectivity index (χ4n) is 10.5. The van der Waals surface area contributed by atoms with E-state index in [0.717, 1.165) is 66.0 Å². The van der Waals surface area contributed by atoms with Crippen molar-refractivity contribution in [2.75, 3.05) is 0 Å². The van der Waals surface area contributed by atoms with Crippen molar-refractivity contribution >= 4 is 93.1 Å². The fourth-order valence-corrected chi connectivity index (χ4v) is 10.5. The number of nitrogens with zero attached hydrogens (tertiary/aromatic N) is 4. The molecule has 5 nitrogen and oxygen atoms in total. The summed E-state index contributed by atoms with van der Waals surface area (Å²) >= 11 is 0. The summed E-state index contributed by atoms with van der Waals surface area (Å²) in [6, 6.07) is 63.5. The molecule has 0 saturated carbocycles. The fraction of sp³-hybridized carbons (Fsp3) is 0.0690. The van der Waals surface area contributed by atoms with Gasteiger partial charge in [-0.25, -0.2) is 0 Å². The van der Waals surface area contributed by atoms with Crippen LogP contribution in [0.4, 0.5) is 0 Å². The topological polar surface area (TPSA) is 48.3 Å². The van der Waals surface area contributed by atoms with Crippen LogP contribution in [-0.2, 0) is 21.1 Å². The van der Waals surface area contributed by atoms with Gasteiger partial charge >= 0.3 is 21.1 Å². The summed E-state index contributed by atoms with van der Waals surface area (Å²) in [4.78, 5) is 10.7. The molecule has 6 aromatic heterocycles. The van der Waals surface area contributed by atoms with E-state index in [9.17, 15) is 0 Å². The van der Waals surface area contributed by atoms with Crippen LogP contribution >= 0.6 is 0 Å². The Hall–Kier alpha value is -7.33. The Labute approximate surface area is 383 Å². The molecule has 0 amide bonds. The van der Waals surface area contributed by atoms with Gasteiger partial charge in [-0.1, -0.05) is 133 Å². The van der Waals surface area contributed by atoms with Crippen LogP contribution in [0.2, 0.25) is 0 Å². The molecule has 0 aliphatic rings. The number of aromatic nitrogens is 4. The average molecular weight is 1000 g/mol. The van der Waals surface area contributed by atoms with Crippen molar-refractivity contribution in [1.29, 1.82) is 0 Å². The summed E-state index contributed by atoms with van der Waals surface area (Å²) in [6.07, 6.45) is 0. The van der Waals surface area contributed by atoms with Gasteiger partial charge in [-0.3, -0.25) is 9.97 Å². The van der Waals surface area contributed by atoms with E-state index >= 15 is 0 Å². The summed E-state index contributed by atoms with van der Waals surface area (Å²) < 4.78 is 12.0. The third-order valence-electron chi connectivity index (χ3n) is 13.1. The van der Waals surface area contributed by atoms with Crippen LogP contribution in [0.3, 0.4) is 0 Å². The number of fused-ring (bicyclic) bond motifs is 20. The first-order chi connectivity index (χ1) is 30.9. The van der Waals surface area contributed by atoms with Crippen molar-refractivity contribution in [3.8, 4) is 27.9 Å². The van der Waals surface area contributed by atoms with Gasteiger partial charge in [0.25, 0.3) is 0 Å². The quantitative estimate of drug-likeness (QED) is 0.166. The molecule has 0 aliphatic carbocycles. The van der Waals surface area contributed by atoms with Crippen LogP contribution in [-0.4, -0.2) is 18.9 Å². The van der Waals surface area contributed by atoms with E-state index in [1.54, 1.807) is 0 Å². The van der Waals surface area contributed by atoms with E-state index < -0.39 is 0 Å². The summed E-state index contributed by atoms with van der Waals surface area (Å²) in [7, 11) is 0. The monoisotopic (exact) mass is 1000 g/mol. The number of pyridine rings is 2. The molecule has 7 aromatic carbocycles. The first-order valence-electron chi connectivity index (χ1n) is 21.5. The summed E-state index contributed by atoms with van der Waals surface area (Å²) in [6.45, 7) is 8.79. The Morgan fingerprint density at radius 3 is 1.94 bits per heavy atom.